The van der Waals surface area contributed by atoms with Crippen molar-refractivity contribution in [2.45, 2.75) is 13.0 Å². The van der Waals surface area contributed by atoms with Gasteiger partial charge in [0.15, 0.2) is 0 Å². The van der Waals surface area contributed by atoms with E-state index in [-0.39, 0.29) is 0 Å². The maximum absolute atomic E-state index is 10.6. The van der Waals surface area contributed by atoms with Gasteiger partial charge in [0.05, 0.1) is 0 Å². The van der Waals surface area contributed by atoms with Crippen LogP contribution in [0.3, 0.4) is 0 Å². The molecule has 0 spiro atoms. The van der Waals surface area contributed by atoms with E-state index in [4.69, 9.17) is 22.1 Å². The molecule has 2 rings (SSSR count). The van der Waals surface area contributed by atoms with Gasteiger partial charge in [-0.1, -0.05) is 36.4 Å². The Morgan fingerprint density at radius 2 is 2.10 bits per heavy atom. The molecule has 0 fully saturated rings. The second kappa shape index (κ2) is 6.66. The average molecular weight is 304 g/mol. The van der Waals surface area contributed by atoms with Crippen LogP contribution >= 0.6 is 11.6 Å². The van der Waals surface area contributed by atoms with Crippen molar-refractivity contribution in [2.24, 2.45) is 0 Å². The molecule has 2 aromatic rings. The van der Waals surface area contributed by atoms with Gasteiger partial charge in [0, 0.05) is 16.3 Å². The largest absolute Gasteiger partial charge is 0.489 e. The van der Waals surface area contributed by atoms with Crippen LogP contribution in [-0.2, 0) is 0 Å². The molecule has 0 aliphatic carbocycles. The number of halogens is 1. The molecule has 0 saturated carbocycles. The zero-order chi connectivity index (χ0) is 15.4. The maximum Gasteiger partial charge on any atom is 0.123 e. The number of rotatable bonds is 5. The highest BCUT2D eigenvalue weighted by molar-refractivity contribution is 6.30. The summed E-state index contributed by atoms with van der Waals surface area (Å²) >= 11 is 5.99. The maximum atomic E-state index is 10.6. The Bertz CT molecular complexity index is 655. The summed E-state index contributed by atoms with van der Waals surface area (Å²) in [6, 6.07) is 10.6. The predicted octanol–water partition coefficient (Wildman–Crippen LogP) is 3.88. The molecule has 0 radical (unpaired) electrons. The molecule has 0 unspecified atom stereocenters. The standard InChI is InChI=1S/C17H18ClNO2/c1-3-9-21-16-6-4-5-13(11(16)2)17(20)14-10-12(18)7-8-15(14)19/h3-8,10,17,20H,1,9,19H2,2H3/t17-/m0/s1. The molecule has 0 bridgehead atoms. The van der Waals surface area contributed by atoms with E-state index in [0.717, 1.165) is 11.1 Å². The average Bonchev–Trinajstić information content (AvgIpc) is 2.48. The van der Waals surface area contributed by atoms with Crippen LogP contribution in [0.25, 0.3) is 0 Å². The predicted molar refractivity (Wildman–Crippen MR) is 86.8 cm³/mol. The molecule has 0 saturated heterocycles. The van der Waals surface area contributed by atoms with Crippen LogP contribution in [0.4, 0.5) is 5.69 Å². The smallest absolute Gasteiger partial charge is 0.123 e. The van der Waals surface area contributed by atoms with Gasteiger partial charge in [-0.2, -0.15) is 0 Å². The van der Waals surface area contributed by atoms with E-state index in [2.05, 4.69) is 6.58 Å². The summed E-state index contributed by atoms with van der Waals surface area (Å²) in [6.45, 7) is 5.94. The Labute approximate surface area is 129 Å². The Hall–Kier alpha value is -1.97. The third-order valence-corrected chi connectivity index (χ3v) is 3.56. The fourth-order valence-electron chi connectivity index (χ4n) is 2.18. The number of hydrogen-bond acceptors (Lipinski definition) is 3. The molecule has 0 aliphatic rings. The number of aliphatic hydroxyl groups is 1. The molecule has 21 heavy (non-hydrogen) atoms. The van der Waals surface area contributed by atoms with Crippen molar-refractivity contribution in [3.8, 4) is 5.75 Å². The highest BCUT2D eigenvalue weighted by Crippen LogP contribution is 2.33. The lowest BCUT2D eigenvalue weighted by atomic mass is 9.96. The molecule has 3 nitrogen and oxygen atoms in total. The number of anilines is 1. The second-order valence-electron chi connectivity index (χ2n) is 4.75. The highest BCUT2D eigenvalue weighted by Gasteiger charge is 2.18. The molecule has 0 amide bonds. The number of benzene rings is 2. The van der Waals surface area contributed by atoms with Crippen molar-refractivity contribution in [1.29, 1.82) is 0 Å². The summed E-state index contributed by atoms with van der Waals surface area (Å²) in [5.74, 6) is 0.715. The first-order chi connectivity index (χ1) is 10.0. The SMILES string of the molecule is C=CCOc1cccc([C@H](O)c2cc(Cl)ccc2N)c1C. The second-order valence-corrected chi connectivity index (χ2v) is 5.18. The summed E-state index contributed by atoms with van der Waals surface area (Å²) in [6.07, 6.45) is 0.827. The van der Waals surface area contributed by atoms with E-state index in [1.54, 1.807) is 24.3 Å². The summed E-state index contributed by atoms with van der Waals surface area (Å²) < 4.78 is 5.58. The van der Waals surface area contributed by atoms with Gasteiger partial charge in [-0.25, -0.2) is 0 Å². The van der Waals surface area contributed by atoms with Crippen molar-refractivity contribution in [1.82, 2.24) is 0 Å². The van der Waals surface area contributed by atoms with Crippen molar-refractivity contribution in [3.63, 3.8) is 0 Å². The molecule has 4 heteroatoms. The van der Waals surface area contributed by atoms with Gasteiger partial charge in [-0.3, -0.25) is 0 Å². The zero-order valence-corrected chi connectivity index (χ0v) is 12.6. The molecule has 1 atom stereocenters. The molecule has 0 aromatic heterocycles. The first-order valence-corrected chi connectivity index (χ1v) is 6.98. The van der Waals surface area contributed by atoms with Gasteiger partial charge < -0.3 is 15.6 Å². The molecular weight excluding hydrogens is 286 g/mol. The van der Waals surface area contributed by atoms with Crippen molar-refractivity contribution in [3.05, 3.63) is 70.8 Å². The van der Waals surface area contributed by atoms with E-state index < -0.39 is 6.10 Å². The number of ether oxygens (including phenoxy) is 1. The summed E-state index contributed by atoms with van der Waals surface area (Å²) in [5, 5.41) is 11.2. The van der Waals surface area contributed by atoms with Gasteiger partial charge >= 0.3 is 0 Å². The minimum Gasteiger partial charge on any atom is -0.489 e. The van der Waals surface area contributed by atoms with E-state index in [9.17, 15) is 5.11 Å². The van der Waals surface area contributed by atoms with Gasteiger partial charge in [0.25, 0.3) is 0 Å². The molecule has 3 N–H and O–H groups in total. The van der Waals surface area contributed by atoms with E-state index in [1.807, 2.05) is 25.1 Å². The van der Waals surface area contributed by atoms with Crippen LogP contribution in [0, 0.1) is 6.92 Å². The normalized spacial score (nSPS) is 12.0. The monoisotopic (exact) mass is 303 g/mol. The summed E-state index contributed by atoms with van der Waals surface area (Å²) in [5.41, 5.74) is 8.63. The van der Waals surface area contributed by atoms with Crippen LogP contribution in [0.15, 0.2) is 49.1 Å². The number of nitrogen functional groups attached to an aromatic ring is 1. The van der Waals surface area contributed by atoms with Crippen LogP contribution < -0.4 is 10.5 Å². The minimum absolute atomic E-state index is 0.416. The molecular formula is C17H18ClNO2. The lowest BCUT2D eigenvalue weighted by Crippen LogP contribution is -2.07. The Kier molecular flexibility index (Phi) is 4.89. The minimum atomic E-state index is -0.851. The van der Waals surface area contributed by atoms with Crippen LogP contribution in [0.2, 0.25) is 5.02 Å². The summed E-state index contributed by atoms with van der Waals surface area (Å²) in [4.78, 5) is 0. The van der Waals surface area contributed by atoms with Crippen molar-refractivity contribution < 1.29 is 9.84 Å². The van der Waals surface area contributed by atoms with E-state index >= 15 is 0 Å². The van der Waals surface area contributed by atoms with Crippen LogP contribution in [0.5, 0.6) is 5.75 Å². The van der Waals surface area contributed by atoms with Crippen LogP contribution in [0.1, 0.15) is 22.8 Å². The van der Waals surface area contributed by atoms with Crippen LogP contribution in [-0.4, -0.2) is 11.7 Å². The van der Waals surface area contributed by atoms with Crippen molar-refractivity contribution in [2.75, 3.05) is 12.3 Å². The lowest BCUT2D eigenvalue weighted by Gasteiger charge is -2.18. The highest BCUT2D eigenvalue weighted by atomic mass is 35.5. The van der Waals surface area contributed by atoms with Crippen molar-refractivity contribution >= 4 is 17.3 Å². The first-order valence-electron chi connectivity index (χ1n) is 6.60. The van der Waals surface area contributed by atoms with E-state index in [0.29, 0.717) is 28.6 Å². The van der Waals surface area contributed by atoms with Gasteiger partial charge in [0.2, 0.25) is 0 Å². The van der Waals surface area contributed by atoms with E-state index in [1.165, 1.54) is 0 Å². The summed E-state index contributed by atoms with van der Waals surface area (Å²) in [7, 11) is 0. The third-order valence-electron chi connectivity index (χ3n) is 3.32. The Morgan fingerprint density at radius 3 is 2.81 bits per heavy atom. The molecule has 0 heterocycles. The zero-order valence-electron chi connectivity index (χ0n) is 11.8. The first kappa shape index (κ1) is 15.4. The lowest BCUT2D eigenvalue weighted by molar-refractivity contribution is 0.219. The molecule has 2 aromatic carbocycles. The number of aliphatic hydroxyl groups excluding tert-OH is 1. The van der Waals surface area contributed by atoms with Gasteiger partial charge in [-0.05, 0) is 42.3 Å². The quantitative estimate of drug-likeness (QED) is 0.651. The number of nitrogens with two attached hydrogens (primary N) is 1. The molecule has 110 valence electrons. The fraction of sp³-hybridized carbons (Fsp3) is 0.176. The number of hydrogen-bond donors (Lipinski definition) is 2. The van der Waals surface area contributed by atoms with Gasteiger partial charge in [0.1, 0.15) is 18.5 Å². The third kappa shape index (κ3) is 3.38. The topological polar surface area (TPSA) is 55.5 Å². The Balaban J connectivity index is 2.41. The van der Waals surface area contributed by atoms with Gasteiger partial charge in [-0.15, -0.1) is 0 Å². The molecule has 0 aliphatic heterocycles. The fourth-order valence-corrected chi connectivity index (χ4v) is 2.36. The Morgan fingerprint density at radius 1 is 1.33 bits per heavy atom.